The molecule has 0 aliphatic carbocycles. The van der Waals surface area contributed by atoms with E-state index < -0.39 is 16.9 Å². The van der Waals surface area contributed by atoms with Crippen molar-refractivity contribution in [3.8, 4) is 0 Å². The molecule has 32 aromatic rings. The van der Waals surface area contributed by atoms with Gasteiger partial charge in [0.2, 0.25) is 0 Å². The van der Waals surface area contributed by atoms with Crippen molar-refractivity contribution in [2.75, 3.05) is 0 Å². The molecule has 0 saturated heterocycles. The summed E-state index contributed by atoms with van der Waals surface area (Å²) in [4.78, 5) is 56.0. The third-order valence-corrected chi connectivity index (χ3v) is 15.8. The molecular weight excluding hydrogens is 1170 g/mol. The fraction of sp³-hybridized carbons (Fsp3) is 0. The second-order valence-corrected chi connectivity index (χ2v) is 21.2. The van der Waals surface area contributed by atoms with Gasteiger partial charge in [0.1, 0.15) is 16.7 Å². The predicted molar refractivity (Wildman–Crippen MR) is 328 cm³/mol. The number of nitrogens with zero attached hydrogens (tertiary/aromatic N) is 3. The minimum atomic E-state index is -0.852. The number of benzene rings is 8. The third-order valence-electron chi connectivity index (χ3n) is 13.8. The summed E-state index contributed by atoms with van der Waals surface area (Å²) in [5.41, 5.74) is -0.255. The smallest absolute Gasteiger partial charge is 0.343 e. The summed E-state index contributed by atoms with van der Waals surface area (Å²) in [6, 6.07) is 64.6. The summed E-state index contributed by atoms with van der Waals surface area (Å²) in [7, 11) is 0. The number of hydrogen-bond donors (Lipinski definition) is 0. The van der Waals surface area contributed by atoms with E-state index in [1.54, 1.807) is 36.4 Å². The number of halogens is 3. The second kappa shape index (κ2) is 20.2. The van der Waals surface area contributed by atoms with E-state index in [0.717, 1.165) is 94.2 Å². The molecule has 0 unspecified atom stereocenters. The minimum Gasteiger partial charge on any atom is -0.421 e. The van der Waals surface area contributed by atoms with Crippen LogP contribution in [0.4, 0.5) is 0 Å². The van der Waals surface area contributed by atoms with Crippen LogP contribution in [0.5, 0.6) is 0 Å². The Morgan fingerprint density at radius 2 is 0.526 bits per heavy atom. The summed E-state index contributed by atoms with van der Waals surface area (Å²) in [6.45, 7) is 0. The van der Waals surface area contributed by atoms with E-state index in [1.807, 2.05) is 36.4 Å². The summed E-state index contributed by atoms with van der Waals surface area (Å²) in [5, 5.41) is 14.2. The van der Waals surface area contributed by atoms with Crippen molar-refractivity contribution in [3.05, 3.63) is 263 Å². The second-order valence-electron chi connectivity index (χ2n) is 18.6. The third kappa shape index (κ3) is 9.33. The van der Waals surface area contributed by atoms with Crippen LogP contribution in [0.25, 0.3) is 130 Å². The molecule has 0 N–H and O–H groups in total. The molecule has 12 heteroatoms. The lowest BCUT2D eigenvalue weighted by Crippen LogP contribution is -2.03. The van der Waals surface area contributed by atoms with E-state index in [1.165, 1.54) is 36.8 Å². The van der Waals surface area contributed by atoms with Gasteiger partial charge in [-0.25, -0.2) is 14.4 Å². The highest BCUT2D eigenvalue weighted by Crippen LogP contribution is 2.36. The highest BCUT2D eigenvalue weighted by molar-refractivity contribution is 9.11. The van der Waals surface area contributed by atoms with Crippen LogP contribution in [0.15, 0.2) is 260 Å². The van der Waals surface area contributed by atoms with Crippen molar-refractivity contribution in [3.63, 3.8) is 0 Å². The van der Waals surface area contributed by atoms with Crippen molar-refractivity contribution in [2.45, 2.75) is 0 Å². The monoisotopic (exact) mass is 1200 g/mol. The van der Waals surface area contributed by atoms with Gasteiger partial charge in [-0.1, -0.05) is 157 Å². The van der Waals surface area contributed by atoms with Gasteiger partial charge in [0.15, 0.2) is 0 Å². The largest absolute Gasteiger partial charge is 0.421 e. The Hall–Kier alpha value is -8.94. The highest BCUT2D eigenvalue weighted by atomic mass is 79.9. The molecule has 372 valence electrons. The summed E-state index contributed by atoms with van der Waals surface area (Å²) < 4.78 is 20.0. The van der Waals surface area contributed by atoms with Crippen molar-refractivity contribution >= 4 is 178 Å². The molecule has 32 rings (SSSR count). The first kappa shape index (κ1) is 48.7. The molecule has 0 aliphatic heterocycles. The van der Waals surface area contributed by atoms with E-state index >= 15 is 0 Å². The van der Waals surface area contributed by atoms with Crippen molar-refractivity contribution in [2.24, 2.45) is 0 Å². The van der Waals surface area contributed by atoms with Gasteiger partial charge in [0.05, 0.1) is 51.3 Å². The molecule has 0 aliphatic rings. The summed E-state index contributed by atoms with van der Waals surface area (Å²) in [5.74, 6) is 0. The lowest BCUT2D eigenvalue weighted by molar-refractivity contribution is 0.563. The maximum Gasteiger partial charge on any atom is 0.343 e. The average Bonchev–Trinajstić information content (AvgIpc) is 3.50. The molecular formula is C66H36Br3N3O6. The molecule has 18 bridgehead atoms. The van der Waals surface area contributed by atoms with Crippen LogP contribution in [0.2, 0.25) is 0 Å². The molecule has 0 spiro atoms. The van der Waals surface area contributed by atoms with Gasteiger partial charge in [-0.3, -0.25) is 15.0 Å². The number of rotatable bonds is 0. The normalized spacial score (nSPS) is 11.4. The maximum absolute atomic E-state index is 14.0. The average molecular weight is 1210 g/mol. The summed E-state index contributed by atoms with van der Waals surface area (Å²) >= 11 is 11.8. The van der Waals surface area contributed by atoms with Gasteiger partial charge in [-0.05, 0) is 156 Å². The van der Waals surface area contributed by atoms with Gasteiger partial charge in [-0.2, -0.15) is 0 Å². The van der Waals surface area contributed by atoms with Crippen LogP contribution in [0, 0.1) is 0 Å². The number of hydrogen-bond acceptors (Lipinski definition) is 9. The Morgan fingerprint density at radius 3 is 0.782 bits per heavy atom. The molecule has 0 atom stereocenters. The molecule has 24 heterocycles. The van der Waals surface area contributed by atoms with Crippen LogP contribution in [0.1, 0.15) is 0 Å². The Morgan fingerprint density at radius 1 is 0.256 bits per heavy atom. The molecule has 78 heavy (non-hydrogen) atoms. The standard InChI is InChI=1S/C66H36Br3N3O6/c67-58-31-37-13-19-55(58)52-10-4-1-7-49(52)40-25-41-27-42(26-40)51-9-3-6-12-54(51)57-21-15-39(33-60(57)69)63-24-18-48(36-72-63)78-66(75)45-29-43(64(73)76-46-16-22-61(37)70-34-46)28-44(30-45)65(74)77-47-17-23-62(71-35-47)38-14-20-56(59(68)32-38)53-11-5-2-8-50(41)53/h1-36H. The van der Waals surface area contributed by atoms with Crippen LogP contribution in [0.3, 0.4) is 0 Å². The Kier molecular flexibility index (Phi) is 12.6. The maximum atomic E-state index is 14.0. The molecule has 0 fully saturated rings. The Bertz CT molecular complexity index is 4690. The first-order valence-corrected chi connectivity index (χ1v) is 27.0. The molecule has 9 nitrogen and oxygen atoms in total. The van der Waals surface area contributed by atoms with E-state index in [0.29, 0.717) is 16.6 Å². The fourth-order valence-electron chi connectivity index (χ4n) is 10.00. The van der Waals surface area contributed by atoms with Crippen LogP contribution in [-0.2, 0) is 0 Å². The minimum absolute atomic E-state index is 0.113. The van der Waals surface area contributed by atoms with Crippen LogP contribution < -0.4 is 16.9 Å². The predicted octanol–water partition coefficient (Wildman–Crippen LogP) is 17.9. The van der Waals surface area contributed by atoms with Crippen LogP contribution >= 0.6 is 47.8 Å². The molecule has 24 aromatic heterocycles. The zero-order chi connectivity index (χ0) is 53.0. The first-order valence-electron chi connectivity index (χ1n) is 24.6. The zero-order valence-corrected chi connectivity index (χ0v) is 45.5. The molecule has 0 saturated carbocycles. The SMILES string of the molecule is O=c1oc2ccc(nc2)c2ccc(c(Br)c2)c2ccccc2c2cc3cc(c2)c2ccccc2c2ccc(cc2Br)c2ccc(cn2)oc(=O)c2cc1cc(c2)c(=O)oc1ccc(nc1)c1ccc(c(Br)c1)c1ccccc31. The lowest BCUT2D eigenvalue weighted by atomic mass is 9.98. The molecule has 8 aromatic carbocycles. The quantitative estimate of drug-likeness (QED) is 0.146. The van der Waals surface area contributed by atoms with Gasteiger partial charge in [0, 0.05) is 29.6 Å². The van der Waals surface area contributed by atoms with Crippen molar-refractivity contribution < 1.29 is 13.3 Å². The van der Waals surface area contributed by atoms with Crippen LogP contribution in [-0.4, -0.2) is 15.0 Å². The van der Waals surface area contributed by atoms with Gasteiger partial charge in [-0.15, -0.1) is 0 Å². The van der Waals surface area contributed by atoms with E-state index in [9.17, 15) is 14.4 Å². The first-order chi connectivity index (χ1) is 38.1. The van der Waals surface area contributed by atoms with Crippen molar-refractivity contribution in [1.29, 1.82) is 0 Å². The number of aromatic nitrogens is 3. The van der Waals surface area contributed by atoms with Crippen molar-refractivity contribution in [1.82, 2.24) is 15.0 Å². The fourth-order valence-corrected chi connectivity index (χ4v) is 11.8. The molecule has 0 amide bonds. The van der Waals surface area contributed by atoms with E-state index in [-0.39, 0.29) is 32.9 Å². The van der Waals surface area contributed by atoms with Gasteiger partial charge in [0.25, 0.3) is 0 Å². The van der Waals surface area contributed by atoms with Gasteiger partial charge >= 0.3 is 16.9 Å². The zero-order valence-electron chi connectivity index (χ0n) is 40.7. The highest BCUT2D eigenvalue weighted by Gasteiger charge is 2.10. The Labute approximate surface area is 466 Å². The number of pyridine rings is 3. The van der Waals surface area contributed by atoms with E-state index in [4.69, 9.17) is 13.3 Å². The molecule has 0 radical (unpaired) electrons. The lowest BCUT2D eigenvalue weighted by Gasteiger charge is -2.08. The van der Waals surface area contributed by atoms with Gasteiger partial charge < -0.3 is 13.3 Å². The summed E-state index contributed by atoms with van der Waals surface area (Å²) in [6.07, 6.45) is 4.34. The Balaban J connectivity index is 1.26. The topological polar surface area (TPSA) is 129 Å². The van der Waals surface area contributed by atoms with E-state index in [2.05, 4.69) is 172 Å².